The minimum Gasteiger partial charge on any atom is -0.353 e. The first-order chi connectivity index (χ1) is 20.8. The van der Waals surface area contributed by atoms with E-state index >= 15 is 0 Å². The number of hydrogen-bond donors (Lipinski definition) is 4. The number of hydrogen-bond acceptors (Lipinski definition) is 6. The molecule has 0 radical (unpaired) electrons. The molecule has 0 saturated carbocycles. The highest BCUT2D eigenvalue weighted by Crippen LogP contribution is 2.35. The number of pyridine rings is 2. The van der Waals surface area contributed by atoms with E-state index in [-0.39, 0.29) is 12.5 Å². The lowest BCUT2D eigenvalue weighted by atomic mass is 9.95. The third kappa shape index (κ3) is 6.08. The summed E-state index contributed by atoms with van der Waals surface area (Å²) in [5.41, 5.74) is 6.82. The molecule has 0 fully saturated rings. The normalized spacial score (nSPS) is 12.2. The van der Waals surface area contributed by atoms with Crippen LogP contribution in [0.15, 0.2) is 73.1 Å². The van der Waals surface area contributed by atoms with Crippen LogP contribution in [0, 0.1) is 11.2 Å². The number of sulfonamides is 1. The van der Waals surface area contributed by atoms with Gasteiger partial charge >= 0.3 is 0 Å². The van der Waals surface area contributed by atoms with Gasteiger partial charge in [-0.15, -0.1) is 0 Å². The molecule has 0 bridgehead atoms. The zero-order valence-electron chi connectivity index (χ0n) is 24.5. The minimum absolute atomic E-state index is 0.0212. The van der Waals surface area contributed by atoms with Crippen molar-refractivity contribution in [2.45, 2.75) is 27.3 Å². The average molecular weight is 612 g/mol. The van der Waals surface area contributed by atoms with Crippen molar-refractivity contribution in [2.75, 3.05) is 11.6 Å². The number of halogens is 1. The maximum Gasteiger partial charge on any atom is 0.229 e. The molecule has 0 aliphatic rings. The Balaban J connectivity index is 1.37. The maximum absolute atomic E-state index is 14.6. The Morgan fingerprint density at radius 3 is 2.57 bits per heavy atom. The van der Waals surface area contributed by atoms with Gasteiger partial charge in [0.05, 0.1) is 35.0 Å². The fraction of sp³-hybridized carbons (Fsp3) is 0.188. The SMILES string of the molecule is CC(C)(C)C(=O)Nc1cncc(-c2ccc3[nH]nc(-c4cc5c(-c6cc(F)cc(CNS(C)(=O)=O)c6)cccc5[nH]4)c3n2)c1. The quantitative estimate of drug-likeness (QED) is 0.174. The first kappa shape index (κ1) is 29.1. The first-order valence-electron chi connectivity index (χ1n) is 13.8. The van der Waals surface area contributed by atoms with Gasteiger partial charge in [0, 0.05) is 34.6 Å². The molecule has 12 heteroatoms. The number of amides is 1. The van der Waals surface area contributed by atoms with Gasteiger partial charge in [0.2, 0.25) is 15.9 Å². The van der Waals surface area contributed by atoms with E-state index in [1.165, 1.54) is 12.1 Å². The van der Waals surface area contributed by atoms with Crippen LogP contribution in [-0.2, 0) is 21.4 Å². The number of aromatic nitrogens is 5. The number of nitrogens with zero attached hydrogens (tertiary/aromatic N) is 3. The van der Waals surface area contributed by atoms with E-state index in [9.17, 15) is 17.6 Å². The fourth-order valence-corrected chi connectivity index (χ4v) is 5.30. The van der Waals surface area contributed by atoms with Gasteiger partial charge < -0.3 is 10.3 Å². The highest BCUT2D eigenvalue weighted by Gasteiger charge is 2.22. The van der Waals surface area contributed by atoms with E-state index in [1.54, 1.807) is 18.5 Å². The number of aromatic amines is 2. The lowest BCUT2D eigenvalue weighted by Gasteiger charge is -2.17. The van der Waals surface area contributed by atoms with Crippen LogP contribution >= 0.6 is 0 Å². The van der Waals surface area contributed by atoms with Gasteiger partial charge in [-0.2, -0.15) is 5.10 Å². The predicted octanol–water partition coefficient (Wildman–Crippen LogP) is 6.01. The summed E-state index contributed by atoms with van der Waals surface area (Å²) in [4.78, 5) is 25.1. The molecule has 10 nitrogen and oxygen atoms in total. The summed E-state index contributed by atoms with van der Waals surface area (Å²) in [6.45, 7) is 5.51. The lowest BCUT2D eigenvalue weighted by Crippen LogP contribution is -2.27. The zero-order valence-corrected chi connectivity index (χ0v) is 25.3. The summed E-state index contributed by atoms with van der Waals surface area (Å²) in [5, 5.41) is 11.3. The van der Waals surface area contributed by atoms with Crippen LogP contribution in [0.4, 0.5) is 10.1 Å². The van der Waals surface area contributed by atoms with Crippen molar-refractivity contribution in [1.29, 1.82) is 0 Å². The lowest BCUT2D eigenvalue weighted by molar-refractivity contribution is -0.123. The molecule has 0 aliphatic carbocycles. The van der Waals surface area contributed by atoms with Crippen molar-refractivity contribution in [3.8, 4) is 33.8 Å². The highest BCUT2D eigenvalue weighted by molar-refractivity contribution is 7.88. The van der Waals surface area contributed by atoms with Gasteiger partial charge in [0.1, 0.15) is 17.0 Å². The predicted molar refractivity (Wildman–Crippen MR) is 170 cm³/mol. The van der Waals surface area contributed by atoms with Crippen LogP contribution in [0.3, 0.4) is 0 Å². The number of fused-ring (bicyclic) bond motifs is 2. The standard InChI is InChI=1S/C32H30FN7O3S/c1-32(2,3)31(41)36-22-13-20(16-34-17-22)25-8-9-27-29(38-25)30(40-39-27)28-14-24-23(6-5-7-26(24)37-28)19-10-18(11-21(33)12-19)15-35-44(4,42)43/h5-14,16-17,35,37H,15H2,1-4H3,(H,36,41)(H,39,40). The van der Waals surface area contributed by atoms with Crippen LogP contribution < -0.4 is 10.0 Å². The van der Waals surface area contributed by atoms with Crippen molar-refractivity contribution in [3.05, 3.63) is 84.4 Å². The van der Waals surface area contributed by atoms with Crippen molar-refractivity contribution in [1.82, 2.24) is 29.9 Å². The van der Waals surface area contributed by atoms with Gasteiger partial charge in [-0.1, -0.05) is 32.9 Å². The number of H-pyrrole nitrogens is 2. The third-order valence-corrected chi connectivity index (χ3v) is 7.78. The van der Waals surface area contributed by atoms with Crippen LogP contribution in [0.5, 0.6) is 0 Å². The van der Waals surface area contributed by atoms with Gasteiger partial charge in [0.25, 0.3) is 0 Å². The highest BCUT2D eigenvalue weighted by atomic mass is 32.2. The monoisotopic (exact) mass is 611 g/mol. The van der Waals surface area contributed by atoms with Crippen LogP contribution in [0.2, 0.25) is 0 Å². The summed E-state index contributed by atoms with van der Waals surface area (Å²) in [6, 6.07) is 17.7. The Kier molecular flexibility index (Phi) is 7.26. The number of anilines is 1. The minimum atomic E-state index is -3.43. The Hall–Kier alpha value is -4.94. The molecule has 6 aromatic rings. The molecule has 1 amide bonds. The first-order valence-corrected chi connectivity index (χ1v) is 15.7. The second-order valence-corrected chi connectivity index (χ2v) is 13.6. The summed E-state index contributed by atoms with van der Waals surface area (Å²) in [7, 11) is -3.43. The number of carbonyl (C=O) groups excluding carboxylic acids is 1. The molecule has 0 aliphatic heterocycles. The number of nitrogens with one attached hydrogen (secondary N) is 4. The second kappa shape index (κ2) is 11.0. The second-order valence-electron chi connectivity index (χ2n) is 11.7. The maximum atomic E-state index is 14.6. The van der Waals surface area contributed by atoms with E-state index in [2.05, 4.69) is 30.2 Å². The molecule has 0 atom stereocenters. The molecule has 4 N–H and O–H groups in total. The number of benzene rings is 2. The molecule has 2 aromatic carbocycles. The molecule has 6 rings (SSSR count). The average Bonchev–Trinajstić information content (AvgIpc) is 3.59. The van der Waals surface area contributed by atoms with Crippen molar-refractivity contribution in [3.63, 3.8) is 0 Å². The van der Waals surface area contributed by atoms with E-state index < -0.39 is 21.3 Å². The molecule has 0 unspecified atom stereocenters. The van der Waals surface area contributed by atoms with Crippen LogP contribution in [0.25, 0.3) is 55.7 Å². The van der Waals surface area contributed by atoms with Crippen molar-refractivity contribution in [2.24, 2.45) is 5.41 Å². The largest absolute Gasteiger partial charge is 0.353 e. The molecular weight excluding hydrogens is 581 g/mol. The van der Waals surface area contributed by atoms with Crippen LogP contribution in [0.1, 0.15) is 26.3 Å². The summed E-state index contributed by atoms with van der Waals surface area (Å²) in [6.07, 6.45) is 4.35. The molecule has 0 spiro atoms. The van der Waals surface area contributed by atoms with Crippen molar-refractivity contribution >= 4 is 43.6 Å². The molecule has 44 heavy (non-hydrogen) atoms. The van der Waals surface area contributed by atoms with E-state index in [0.29, 0.717) is 39.4 Å². The van der Waals surface area contributed by atoms with Crippen LogP contribution in [-0.4, -0.2) is 45.7 Å². The Bertz CT molecular complexity index is 2160. The van der Waals surface area contributed by atoms with E-state index in [0.717, 1.165) is 33.8 Å². The molecule has 224 valence electrons. The Morgan fingerprint density at radius 1 is 0.977 bits per heavy atom. The topological polar surface area (TPSA) is 146 Å². The number of rotatable bonds is 7. The summed E-state index contributed by atoms with van der Waals surface area (Å²) < 4.78 is 40.2. The summed E-state index contributed by atoms with van der Waals surface area (Å²) >= 11 is 0. The van der Waals surface area contributed by atoms with Gasteiger partial charge in [-0.3, -0.25) is 14.9 Å². The van der Waals surface area contributed by atoms with E-state index in [1.807, 2.05) is 63.2 Å². The third-order valence-electron chi connectivity index (χ3n) is 7.11. The Morgan fingerprint density at radius 2 is 1.80 bits per heavy atom. The van der Waals surface area contributed by atoms with Gasteiger partial charge in [-0.25, -0.2) is 22.5 Å². The molecular formula is C32H30FN7O3S. The molecule has 0 saturated heterocycles. The number of carbonyl (C=O) groups is 1. The van der Waals surface area contributed by atoms with E-state index in [4.69, 9.17) is 4.98 Å². The smallest absolute Gasteiger partial charge is 0.229 e. The van der Waals surface area contributed by atoms with Gasteiger partial charge in [0.15, 0.2) is 0 Å². The Labute approximate surface area is 253 Å². The molecule has 4 heterocycles. The zero-order chi connectivity index (χ0) is 31.2. The van der Waals surface area contributed by atoms with Gasteiger partial charge in [-0.05, 0) is 65.2 Å². The molecule has 4 aromatic heterocycles. The summed E-state index contributed by atoms with van der Waals surface area (Å²) in [5.74, 6) is -0.581. The fourth-order valence-electron chi connectivity index (χ4n) is 4.87. The van der Waals surface area contributed by atoms with Crippen molar-refractivity contribution < 1.29 is 17.6 Å².